The third kappa shape index (κ3) is 9.12. The predicted octanol–water partition coefficient (Wildman–Crippen LogP) is 4.68. The summed E-state index contributed by atoms with van der Waals surface area (Å²) in [5, 5.41) is 12.4. The van der Waals surface area contributed by atoms with Crippen LogP contribution in [0.3, 0.4) is 0 Å². The summed E-state index contributed by atoms with van der Waals surface area (Å²) in [6.07, 6.45) is 20.3. The molecular formula is C28H35N6O4P. The van der Waals surface area contributed by atoms with Gasteiger partial charge >= 0.3 is 7.75 Å². The van der Waals surface area contributed by atoms with Crippen LogP contribution in [0.5, 0.6) is 0 Å². The fourth-order valence-corrected chi connectivity index (χ4v) is 5.52. The van der Waals surface area contributed by atoms with Crippen LogP contribution in [-0.2, 0) is 18.3 Å². The first kappa shape index (κ1) is 30.2. The molecule has 2 aromatic rings. The van der Waals surface area contributed by atoms with Gasteiger partial charge in [-0.25, -0.2) is 19.6 Å². The van der Waals surface area contributed by atoms with E-state index in [1.165, 1.54) is 6.33 Å². The lowest BCUT2D eigenvalue weighted by Crippen LogP contribution is -2.26. The van der Waals surface area contributed by atoms with Crippen LogP contribution in [0, 0.1) is 47.9 Å². The van der Waals surface area contributed by atoms with Gasteiger partial charge < -0.3 is 15.0 Å². The van der Waals surface area contributed by atoms with E-state index in [4.69, 9.17) is 37.6 Å². The lowest BCUT2D eigenvalue weighted by Gasteiger charge is -2.21. The molecule has 0 radical (unpaired) electrons. The minimum atomic E-state index is -3.61. The van der Waals surface area contributed by atoms with Crippen LogP contribution in [-0.4, -0.2) is 40.4 Å². The van der Waals surface area contributed by atoms with Gasteiger partial charge in [0.15, 0.2) is 0 Å². The zero-order valence-corrected chi connectivity index (χ0v) is 23.0. The number of ether oxygens (including phenoxy) is 1. The predicted molar refractivity (Wildman–Crippen MR) is 150 cm³/mol. The van der Waals surface area contributed by atoms with Gasteiger partial charge in [0.2, 0.25) is 0 Å². The van der Waals surface area contributed by atoms with Crippen LogP contribution in [0.2, 0.25) is 0 Å². The molecule has 11 heteroatoms. The molecule has 10 nitrogen and oxygen atoms in total. The lowest BCUT2D eigenvalue weighted by atomic mass is 10.2. The van der Waals surface area contributed by atoms with Crippen molar-refractivity contribution in [3.8, 4) is 42.6 Å². The lowest BCUT2D eigenvalue weighted by molar-refractivity contribution is 0.00627. The van der Waals surface area contributed by atoms with Gasteiger partial charge in [-0.1, -0.05) is 11.8 Å². The maximum absolute atomic E-state index is 13.2. The van der Waals surface area contributed by atoms with Crippen LogP contribution in [0.25, 0.3) is 11.0 Å². The van der Waals surface area contributed by atoms with E-state index in [1.807, 2.05) is 16.8 Å². The van der Waals surface area contributed by atoms with Gasteiger partial charge in [-0.05, 0) is 38.5 Å². The number of anilines is 1. The molecule has 39 heavy (non-hydrogen) atoms. The highest BCUT2D eigenvalue weighted by molar-refractivity contribution is 7.51. The Morgan fingerprint density at radius 1 is 1.10 bits per heavy atom. The number of fused-ring (bicyclic) bond motifs is 1. The summed E-state index contributed by atoms with van der Waals surface area (Å²) in [6, 6.07) is 1.97. The summed E-state index contributed by atoms with van der Waals surface area (Å²) in [7, 11) is -3.61. The number of nitrogens with zero attached hydrogens (tertiary/aromatic N) is 4. The molecule has 1 aliphatic rings. The molecule has 206 valence electrons. The van der Waals surface area contributed by atoms with Gasteiger partial charge in [0.1, 0.15) is 24.0 Å². The van der Waals surface area contributed by atoms with E-state index >= 15 is 0 Å². The third-order valence-electron chi connectivity index (χ3n) is 6.09. The Morgan fingerprint density at radius 2 is 1.85 bits per heavy atom. The Bertz CT molecular complexity index is 1330. The molecule has 1 fully saturated rings. The van der Waals surface area contributed by atoms with E-state index in [1.54, 1.807) is 0 Å². The quantitative estimate of drug-likeness (QED) is 0.184. The number of aromatic nitrogens is 3. The van der Waals surface area contributed by atoms with Gasteiger partial charge in [0.05, 0.1) is 42.8 Å². The molecule has 0 saturated carbocycles. The second-order valence-electron chi connectivity index (χ2n) is 9.01. The molecule has 0 aliphatic carbocycles. The van der Waals surface area contributed by atoms with Crippen molar-refractivity contribution in [1.29, 1.82) is 5.26 Å². The fraction of sp³-hybridized carbons (Fsp3) is 0.536. The minimum absolute atomic E-state index is 0.00346. The number of rotatable bonds is 15. The average molecular weight is 551 g/mol. The fourth-order valence-electron chi connectivity index (χ4n) is 4.13. The molecule has 1 aliphatic heterocycles. The first-order valence-electron chi connectivity index (χ1n) is 13.1. The second kappa shape index (κ2) is 15.9. The highest BCUT2D eigenvalue weighted by atomic mass is 31.2. The van der Waals surface area contributed by atoms with E-state index in [0.29, 0.717) is 42.5 Å². The van der Waals surface area contributed by atoms with E-state index in [0.717, 1.165) is 37.7 Å². The van der Waals surface area contributed by atoms with Gasteiger partial charge in [-0.3, -0.25) is 9.05 Å². The Morgan fingerprint density at radius 3 is 2.62 bits per heavy atom. The Hall–Kier alpha value is -3.34. The molecule has 3 heterocycles. The third-order valence-corrected chi connectivity index (χ3v) is 7.71. The topological polar surface area (TPSA) is 137 Å². The highest BCUT2D eigenvalue weighted by Gasteiger charge is 2.32. The van der Waals surface area contributed by atoms with Crippen molar-refractivity contribution in [2.45, 2.75) is 76.5 Å². The maximum Gasteiger partial charge on any atom is 0.405 e. The van der Waals surface area contributed by atoms with Crippen molar-refractivity contribution in [3.63, 3.8) is 0 Å². The van der Waals surface area contributed by atoms with Crippen molar-refractivity contribution in [2.75, 3.05) is 25.5 Å². The summed E-state index contributed by atoms with van der Waals surface area (Å²) >= 11 is 0. The number of nitrogen functional groups attached to an aromatic ring is 1. The minimum Gasteiger partial charge on any atom is -0.383 e. The molecule has 3 N–H and O–H groups in total. The van der Waals surface area contributed by atoms with Crippen molar-refractivity contribution in [1.82, 2.24) is 19.6 Å². The van der Waals surface area contributed by atoms with Crippen LogP contribution in [0.15, 0.2) is 12.5 Å². The molecule has 0 spiro atoms. The largest absolute Gasteiger partial charge is 0.405 e. The number of nitrogens with two attached hydrogens (primary N) is 1. The van der Waals surface area contributed by atoms with Crippen LogP contribution < -0.4 is 10.8 Å². The summed E-state index contributed by atoms with van der Waals surface area (Å²) in [5.74, 6) is 12.0. The summed E-state index contributed by atoms with van der Waals surface area (Å²) in [6.45, 7) is 0.492. The molecule has 0 amide bonds. The van der Waals surface area contributed by atoms with Crippen LogP contribution >= 0.6 is 7.75 Å². The standard InChI is InChI=1S/C28H35N6O4P/c1-3-5-7-9-10-11-14-23-21-34(28-26(23)27(30)31-22-32-28)25-16-15-24(38-25)20-33-39(35,37-19-13-17-29)36-18-12-8-6-4-2/h1-2,21-22,24-25H,5-10,12-13,15-16,18-20H2,(H,33,35)(H2,30,31,32). The average Bonchev–Trinajstić information content (AvgIpc) is 3.55. The van der Waals surface area contributed by atoms with Crippen LogP contribution in [0.1, 0.15) is 76.0 Å². The first-order valence-corrected chi connectivity index (χ1v) is 14.7. The molecule has 3 unspecified atom stereocenters. The Balaban J connectivity index is 1.64. The van der Waals surface area contributed by atoms with E-state index in [2.05, 4.69) is 38.7 Å². The Kier molecular flexibility index (Phi) is 12.3. The van der Waals surface area contributed by atoms with Gasteiger partial charge in [0.25, 0.3) is 0 Å². The molecule has 0 bridgehead atoms. The molecule has 1 saturated heterocycles. The van der Waals surface area contributed by atoms with Crippen molar-refractivity contribution < 1.29 is 18.3 Å². The van der Waals surface area contributed by atoms with E-state index in [9.17, 15) is 4.57 Å². The molecule has 3 atom stereocenters. The van der Waals surface area contributed by atoms with Crippen molar-refractivity contribution in [2.24, 2.45) is 0 Å². The van der Waals surface area contributed by atoms with E-state index in [-0.39, 0.29) is 38.5 Å². The number of hydrogen-bond donors (Lipinski definition) is 2. The first-order chi connectivity index (χ1) is 19.0. The highest BCUT2D eigenvalue weighted by Crippen LogP contribution is 2.44. The number of hydrogen-bond acceptors (Lipinski definition) is 8. The van der Waals surface area contributed by atoms with Gasteiger partial charge in [0, 0.05) is 32.0 Å². The number of nitrogens with one attached hydrogen (secondary N) is 1. The molecule has 0 aromatic carbocycles. The molecule has 2 aromatic heterocycles. The Labute approximate surface area is 230 Å². The van der Waals surface area contributed by atoms with Gasteiger partial charge in [-0.15, -0.1) is 24.7 Å². The summed E-state index contributed by atoms with van der Waals surface area (Å²) < 4.78 is 32.4. The van der Waals surface area contributed by atoms with Gasteiger partial charge in [-0.2, -0.15) is 5.26 Å². The van der Waals surface area contributed by atoms with E-state index < -0.39 is 7.75 Å². The number of terminal acetylenes is 2. The summed E-state index contributed by atoms with van der Waals surface area (Å²) in [5.41, 5.74) is 7.59. The maximum atomic E-state index is 13.2. The van der Waals surface area contributed by atoms with Crippen LogP contribution in [0.4, 0.5) is 5.82 Å². The monoisotopic (exact) mass is 550 g/mol. The molecular weight excluding hydrogens is 515 g/mol. The zero-order chi connectivity index (χ0) is 27.9. The zero-order valence-electron chi connectivity index (χ0n) is 22.1. The smallest absolute Gasteiger partial charge is 0.383 e. The normalized spacial score (nSPS) is 18.0. The van der Waals surface area contributed by atoms with Crippen molar-refractivity contribution in [3.05, 3.63) is 18.1 Å². The summed E-state index contributed by atoms with van der Waals surface area (Å²) in [4.78, 5) is 8.59. The number of nitriles is 1. The SMILES string of the molecule is C#CCCCCC#Cc1cn(C2CCC(CNP(=O)(OCCC#N)OCCCCC#C)O2)c2ncnc(N)c12. The second-order valence-corrected chi connectivity index (χ2v) is 10.8. The van der Waals surface area contributed by atoms with Crippen molar-refractivity contribution >= 4 is 24.6 Å². The number of unbranched alkanes of at least 4 members (excludes halogenated alkanes) is 5. The molecule has 3 rings (SSSR count).